The number of carbonyl (C=O) groups excluding carboxylic acids is 3. The molecule has 9 heteroatoms. The fourth-order valence-electron chi connectivity index (χ4n) is 22.5. The molecule has 15 rings (SSSR count). The lowest BCUT2D eigenvalue weighted by atomic mass is 9.43. The Balaban J connectivity index is 0.000000206. The molecule has 12 fully saturated rings. The second-order valence-electron chi connectivity index (χ2n) is 34.8. The average molecular weight is 1400 g/mol. The van der Waals surface area contributed by atoms with Gasteiger partial charge in [0.15, 0.2) is 19.8 Å². The predicted octanol–water partition coefficient (Wildman–Crippen LogP) is 25.6. The molecule has 12 saturated carbocycles. The highest BCUT2D eigenvalue weighted by atomic mass is 16.6. The van der Waals surface area contributed by atoms with Gasteiger partial charge in [0.25, 0.3) is 0 Å². The summed E-state index contributed by atoms with van der Waals surface area (Å²) < 4.78 is 37.1. The molecule has 570 valence electrons. The van der Waals surface area contributed by atoms with Gasteiger partial charge in [0.05, 0.1) is 0 Å². The molecule has 0 aliphatic heterocycles. The second-order valence-corrected chi connectivity index (χ2v) is 34.8. The van der Waals surface area contributed by atoms with Gasteiger partial charge < -0.3 is 28.4 Å². The first-order valence-electron chi connectivity index (χ1n) is 41.9. The van der Waals surface area contributed by atoms with Crippen molar-refractivity contribution in [1.82, 2.24) is 0 Å². The van der Waals surface area contributed by atoms with Crippen LogP contribution < -0.4 is 14.2 Å². The highest BCUT2D eigenvalue weighted by Gasteiger charge is 2.66. The molecule has 0 spiro atoms. The van der Waals surface area contributed by atoms with Crippen LogP contribution in [-0.4, -0.2) is 54.5 Å². The van der Waals surface area contributed by atoms with Crippen LogP contribution in [0.3, 0.4) is 0 Å². The molecule has 10 unspecified atom stereocenters. The molecule has 12 aliphatic carbocycles. The van der Waals surface area contributed by atoms with Crippen LogP contribution in [0.1, 0.15) is 359 Å². The van der Waals surface area contributed by atoms with Gasteiger partial charge in [-0.2, -0.15) is 0 Å². The third-order valence-electron chi connectivity index (χ3n) is 27.3. The summed E-state index contributed by atoms with van der Waals surface area (Å²) in [4.78, 5) is 39.3. The summed E-state index contributed by atoms with van der Waals surface area (Å²) in [6, 6.07) is 24.6. The Bertz CT molecular complexity index is 2770. The third kappa shape index (κ3) is 20.3. The monoisotopic (exact) mass is 1400 g/mol. The van der Waals surface area contributed by atoms with Crippen LogP contribution in [0.4, 0.5) is 0 Å². The van der Waals surface area contributed by atoms with Gasteiger partial charge in [-0.05, 0) is 282 Å². The van der Waals surface area contributed by atoms with Crippen molar-refractivity contribution in [2.24, 2.45) is 75.4 Å². The number of unbranched alkanes of at least 4 members (excludes halogenated alkanes) is 7. The molecular formula is C92H148O9. The van der Waals surface area contributed by atoms with Crippen LogP contribution in [0.25, 0.3) is 0 Å². The van der Waals surface area contributed by atoms with E-state index in [4.69, 9.17) is 28.4 Å². The van der Waals surface area contributed by atoms with Gasteiger partial charge in [-0.25, -0.2) is 14.4 Å². The van der Waals surface area contributed by atoms with Crippen LogP contribution >= 0.6 is 0 Å². The number of ether oxygens (including phenoxy) is 6. The van der Waals surface area contributed by atoms with Crippen LogP contribution in [0.5, 0.6) is 17.2 Å². The largest absolute Gasteiger partial charge is 0.482 e. The first-order chi connectivity index (χ1) is 48.0. The summed E-state index contributed by atoms with van der Waals surface area (Å²) in [6.45, 7) is 37.9. The fraction of sp³-hybridized carbons (Fsp3) is 0.772. The molecule has 12 bridgehead atoms. The fourth-order valence-corrected chi connectivity index (χ4v) is 22.5. The Morgan fingerprint density at radius 1 is 0.376 bits per heavy atom. The minimum absolute atomic E-state index is 0. The summed E-state index contributed by atoms with van der Waals surface area (Å²) >= 11 is 0. The van der Waals surface area contributed by atoms with Gasteiger partial charge in [0.1, 0.15) is 34.1 Å². The highest BCUT2D eigenvalue weighted by molar-refractivity contribution is 5.73. The number of hydrogen-bond donors (Lipinski definition) is 0. The normalized spacial score (nSPS) is 32.6. The SMILES string of the molecule is C.CC.CC.CCCCC(C)C1(OC(=O)COc2ccc(C(C)CC)cc2)C2CC3CC1CC(C)(C3)C2.CCCCCCC1(OC(=O)COc2ccc(C(C)CC)cc2)C2CC3CC1CC(C)(C3)C2.CCCCCCC1(OC(=O)COc2ccc(C(C)CC)cc2)C2CC3CC1CC(C)(C3)C2. The van der Waals surface area contributed by atoms with Gasteiger partial charge in [0.2, 0.25) is 0 Å². The Hall–Kier alpha value is -4.53. The van der Waals surface area contributed by atoms with Crippen LogP contribution in [-0.2, 0) is 28.6 Å². The molecule has 0 saturated heterocycles. The van der Waals surface area contributed by atoms with E-state index in [2.05, 4.69) is 126 Å². The first kappa shape index (κ1) is 83.7. The number of hydrogen-bond acceptors (Lipinski definition) is 9. The first-order valence-corrected chi connectivity index (χ1v) is 41.9. The molecule has 12 aliphatic rings. The van der Waals surface area contributed by atoms with Crippen molar-refractivity contribution < 1.29 is 42.8 Å². The second kappa shape index (κ2) is 38.1. The maximum absolute atomic E-state index is 13.1. The molecule has 9 nitrogen and oxygen atoms in total. The lowest BCUT2D eigenvalue weighted by Gasteiger charge is -2.65. The van der Waals surface area contributed by atoms with E-state index in [0.717, 1.165) is 73.5 Å². The molecule has 101 heavy (non-hydrogen) atoms. The van der Waals surface area contributed by atoms with Gasteiger partial charge >= 0.3 is 17.9 Å². The smallest absolute Gasteiger partial charge is 0.344 e. The van der Waals surface area contributed by atoms with E-state index in [1.165, 1.54) is 177 Å². The lowest BCUT2D eigenvalue weighted by Crippen LogP contribution is -2.65. The lowest BCUT2D eigenvalue weighted by molar-refractivity contribution is -0.242. The Kier molecular flexibility index (Phi) is 31.6. The predicted molar refractivity (Wildman–Crippen MR) is 419 cm³/mol. The minimum atomic E-state index is -0.285. The molecule has 0 N–H and O–H groups in total. The topological polar surface area (TPSA) is 107 Å². The van der Waals surface area contributed by atoms with E-state index < -0.39 is 0 Å². The number of esters is 3. The zero-order valence-corrected chi connectivity index (χ0v) is 66.6. The van der Waals surface area contributed by atoms with E-state index in [1.807, 2.05) is 64.1 Å². The van der Waals surface area contributed by atoms with Gasteiger partial charge in [-0.3, -0.25) is 0 Å². The molecular weight excluding hydrogens is 1250 g/mol. The molecule has 0 heterocycles. The summed E-state index contributed by atoms with van der Waals surface area (Å²) in [7, 11) is 0. The van der Waals surface area contributed by atoms with E-state index >= 15 is 0 Å². The van der Waals surface area contributed by atoms with Crippen molar-refractivity contribution in [3.05, 3.63) is 89.5 Å². The van der Waals surface area contributed by atoms with Gasteiger partial charge in [0, 0.05) is 11.8 Å². The standard InChI is InChI=1S/3C29H44O3.2C2H6.CH4/c1-6-8-9-21(4)29(24-14-22-15-25(29)18-28(5,16-22)17-24)32-27(30)19-31-26-12-10-23(11-13-26)20(3)7-2;2*1-5-7-8-9-14-29(24-15-22-16-25(29)19-28(4,17-22)18-24)32-27(30)20-31-26-12-10-23(11-13-26)21(3)6-2;2*1-2;/h10-13,20-22,24-25H,6-9,14-19H2,1-5H3;2*10-13,21-22,24-25H,5-9,14-20H2,1-4H3;2*1-2H3;1H4. The van der Waals surface area contributed by atoms with Crippen molar-refractivity contribution in [1.29, 1.82) is 0 Å². The maximum Gasteiger partial charge on any atom is 0.344 e. The zero-order chi connectivity index (χ0) is 72.5. The molecule has 10 atom stereocenters. The van der Waals surface area contributed by atoms with E-state index in [9.17, 15) is 14.4 Å². The number of rotatable bonds is 32. The average Bonchev–Trinajstić information content (AvgIpc) is 0.724. The van der Waals surface area contributed by atoms with Crippen LogP contribution in [0, 0.1) is 75.4 Å². The molecule has 0 radical (unpaired) electrons. The molecule has 3 aromatic carbocycles. The number of benzene rings is 3. The highest BCUT2D eigenvalue weighted by Crippen LogP contribution is 2.69. The summed E-state index contributed by atoms with van der Waals surface area (Å²) in [6.07, 6.45) is 37.9. The van der Waals surface area contributed by atoms with Gasteiger partial charge in [-0.15, -0.1) is 0 Å². The summed E-state index contributed by atoms with van der Waals surface area (Å²) in [5.74, 6) is 9.49. The van der Waals surface area contributed by atoms with Crippen LogP contribution in [0.15, 0.2) is 72.8 Å². The van der Waals surface area contributed by atoms with E-state index in [0.29, 0.717) is 75.4 Å². The Morgan fingerprint density at radius 3 is 0.931 bits per heavy atom. The quantitative estimate of drug-likeness (QED) is 0.0343. The zero-order valence-electron chi connectivity index (χ0n) is 66.6. The van der Waals surface area contributed by atoms with Crippen LogP contribution in [0.2, 0.25) is 0 Å². The van der Waals surface area contributed by atoms with E-state index in [1.54, 1.807) is 0 Å². The van der Waals surface area contributed by atoms with Crippen molar-refractivity contribution in [2.45, 2.75) is 359 Å². The Labute approximate surface area is 618 Å². The van der Waals surface area contributed by atoms with Crippen molar-refractivity contribution in [2.75, 3.05) is 19.8 Å². The minimum Gasteiger partial charge on any atom is -0.482 e. The summed E-state index contributed by atoms with van der Waals surface area (Å²) in [5, 5.41) is 0. The Morgan fingerprint density at radius 2 is 0.653 bits per heavy atom. The molecule has 0 amide bonds. The molecule has 3 aromatic rings. The number of carbonyl (C=O) groups is 3. The molecule has 0 aromatic heterocycles. The summed E-state index contributed by atoms with van der Waals surface area (Å²) in [5.41, 5.74) is 4.58. The van der Waals surface area contributed by atoms with Gasteiger partial charge in [-0.1, -0.05) is 213 Å². The van der Waals surface area contributed by atoms with Crippen molar-refractivity contribution in [3.63, 3.8) is 0 Å². The maximum atomic E-state index is 13.1. The van der Waals surface area contributed by atoms with E-state index in [-0.39, 0.29) is 62.0 Å². The van der Waals surface area contributed by atoms with Crippen molar-refractivity contribution >= 4 is 17.9 Å². The third-order valence-corrected chi connectivity index (χ3v) is 27.3. The van der Waals surface area contributed by atoms with Crippen molar-refractivity contribution in [3.8, 4) is 17.2 Å².